The lowest BCUT2D eigenvalue weighted by Crippen LogP contribution is -2.33. The lowest BCUT2D eigenvalue weighted by atomic mass is 10.1. The summed E-state index contributed by atoms with van der Waals surface area (Å²) >= 11 is 0. The Morgan fingerprint density at radius 3 is 2.70 bits per heavy atom. The van der Waals surface area contributed by atoms with Gasteiger partial charge in [0.15, 0.2) is 0 Å². The number of para-hydroxylation sites is 1. The Morgan fingerprint density at radius 1 is 0.973 bits per heavy atom. The fraction of sp³-hybridized carbons (Fsp3) is 0.0690. The first-order valence-electron chi connectivity index (χ1n) is 11.6. The van der Waals surface area contributed by atoms with E-state index in [1.807, 2.05) is 54.6 Å². The Balaban J connectivity index is 1.22. The summed E-state index contributed by atoms with van der Waals surface area (Å²) in [5, 5.41) is 6.73. The maximum Gasteiger partial charge on any atom is 0.263 e. The third-order valence-electron chi connectivity index (χ3n) is 5.52. The van der Waals surface area contributed by atoms with Gasteiger partial charge >= 0.3 is 0 Å². The highest BCUT2D eigenvalue weighted by Crippen LogP contribution is 2.17. The van der Waals surface area contributed by atoms with E-state index in [1.54, 1.807) is 36.9 Å². The van der Waals surface area contributed by atoms with Crippen LogP contribution in [0.5, 0.6) is 0 Å². The van der Waals surface area contributed by atoms with Crippen LogP contribution in [0.4, 0.5) is 11.6 Å². The second-order valence-electron chi connectivity index (χ2n) is 8.16. The molecule has 5 aromatic rings. The van der Waals surface area contributed by atoms with Gasteiger partial charge in [-0.2, -0.15) is 0 Å². The Hall–Kier alpha value is -5.29. The number of anilines is 2. The van der Waals surface area contributed by atoms with Crippen molar-refractivity contribution < 1.29 is 4.79 Å². The number of hydrogen-bond donors (Lipinski definition) is 2. The van der Waals surface area contributed by atoms with Crippen LogP contribution in [0, 0.1) is 11.8 Å². The molecule has 8 heteroatoms. The van der Waals surface area contributed by atoms with E-state index in [2.05, 4.69) is 37.4 Å². The molecule has 180 valence electrons. The fourth-order valence-electron chi connectivity index (χ4n) is 3.71. The van der Waals surface area contributed by atoms with Crippen molar-refractivity contribution in [2.24, 2.45) is 0 Å². The molecule has 0 aliphatic rings. The molecule has 0 saturated heterocycles. The van der Waals surface area contributed by atoms with Gasteiger partial charge in [-0.15, -0.1) is 0 Å². The number of nitrogens with zero attached hydrogens (tertiary/aromatic N) is 4. The number of aromatic nitrogens is 4. The van der Waals surface area contributed by atoms with Gasteiger partial charge in [0.2, 0.25) is 5.95 Å². The van der Waals surface area contributed by atoms with E-state index in [0.29, 0.717) is 12.5 Å². The van der Waals surface area contributed by atoms with Gasteiger partial charge in [0.05, 0.1) is 18.6 Å². The van der Waals surface area contributed by atoms with Gasteiger partial charge in [0.25, 0.3) is 11.5 Å². The molecular weight excluding hydrogens is 464 g/mol. The van der Waals surface area contributed by atoms with Crippen LogP contribution in [0.2, 0.25) is 0 Å². The molecule has 0 spiro atoms. The predicted molar refractivity (Wildman–Crippen MR) is 143 cm³/mol. The monoisotopic (exact) mass is 486 g/mol. The van der Waals surface area contributed by atoms with Gasteiger partial charge in [-0.3, -0.25) is 14.6 Å². The normalized spacial score (nSPS) is 10.4. The topological polar surface area (TPSA) is 102 Å². The second kappa shape index (κ2) is 11.0. The number of pyridine rings is 2. The van der Waals surface area contributed by atoms with Crippen molar-refractivity contribution in [3.63, 3.8) is 0 Å². The standard InChI is InChI=1S/C29H22N6O2/c36-27(25-11-6-16-35(28(25)37)20-22-8-4-14-30-18-22)31-15-5-7-21-12-13-26-23(17-21)19-32-29(34-26)33-24-9-2-1-3-10-24/h1-4,6,8-14,16-19H,15,20H2,(H,31,36)(H,32,33,34). The molecule has 0 atom stereocenters. The van der Waals surface area contributed by atoms with Crippen LogP contribution in [-0.2, 0) is 6.54 Å². The smallest absolute Gasteiger partial charge is 0.263 e. The van der Waals surface area contributed by atoms with Crippen LogP contribution in [0.3, 0.4) is 0 Å². The van der Waals surface area contributed by atoms with Crippen LogP contribution >= 0.6 is 0 Å². The second-order valence-corrected chi connectivity index (χ2v) is 8.16. The zero-order chi connectivity index (χ0) is 25.5. The highest BCUT2D eigenvalue weighted by molar-refractivity contribution is 5.93. The number of carbonyl (C=O) groups is 1. The van der Waals surface area contributed by atoms with Gasteiger partial charge in [-0.1, -0.05) is 36.1 Å². The summed E-state index contributed by atoms with van der Waals surface area (Å²) in [5.41, 5.74) is 3.04. The minimum absolute atomic E-state index is 0.0657. The Morgan fingerprint density at radius 2 is 1.86 bits per heavy atom. The molecular formula is C29H22N6O2. The van der Waals surface area contributed by atoms with Crippen molar-refractivity contribution in [3.05, 3.63) is 125 Å². The van der Waals surface area contributed by atoms with E-state index in [1.165, 1.54) is 10.6 Å². The van der Waals surface area contributed by atoms with E-state index < -0.39 is 5.91 Å². The highest BCUT2D eigenvalue weighted by atomic mass is 16.2. The summed E-state index contributed by atoms with van der Waals surface area (Å²) in [6.07, 6.45) is 6.75. The van der Waals surface area contributed by atoms with Crippen LogP contribution in [0.25, 0.3) is 10.9 Å². The molecule has 0 aliphatic heterocycles. The first kappa shape index (κ1) is 23.5. The molecule has 3 heterocycles. The number of benzene rings is 2. The number of nitrogens with one attached hydrogen (secondary N) is 2. The SMILES string of the molecule is O=C(NCC#Cc1ccc2nc(Nc3ccccc3)ncc2c1)c1cccn(Cc2cccnc2)c1=O. The zero-order valence-corrected chi connectivity index (χ0v) is 19.8. The number of rotatable bonds is 6. The van der Waals surface area contributed by atoms with E-state index in [-0.39, 0.29) is 17.7 Å². The maximum absolute atomic E-state index is 12.7. The quantitative estimate of drug-likeness (QED) is 0.355. The molecule has 0 saturated carbocycles. The predicted octanol–water partition coefficient (Wildman–Crippen LogP) is 3.76. The summed E-state index contributed by atoms with van der Waals surface area (Å²) in [7, 11) is 0. The number of hydrogen-bond acceptors (Lipinski definition) is 6. The third kappa shape index (κ3) is 5.86. The summed E-state index contributed by atoms with van der Waals surface area (Å²) in [4.78, 5) is 38.3. The van der Waals surface area contributed by atoms with E-state index in [9.17, 15) is 9.59 Å². The summed E-state index contributed by atoms with van der Waals surface area (Å²) in [5.74, 6) is 6.01. The van der Waals surface area contributed by atoms with E-state index in [0.717, 1.165) is 27.7 Å². The molecule has 0 unspecified atom stereocenters. The molecule has 0 fully saturated rings. The molecule has 1 amide bonds. The summed E-state index contributed by atoms with van der Waals surface area (Å²) in [6.45, 7) is 0.438. The highest BCUT2D eigenvalue weighted by Gasteiger charge is 2.11. The van der Waals surface area contributed by atoms with Crippen molar-refractivity contribution in [1.82, 2.24) is 24.8 Å². The van der Waals surface area contributed by atoms with E-state index >= 15 is 0 Å². The zero-order valence-electron chi connectivity index (χ0n) is 19.8. The van der Waals surface area contributed by atoms with E-state index in [4.69, 9.17) is 0 Å². The van der Waals surface area contributed by atoms with Gasteiger partial charge < -0.3 is 15.2 Å². The Labute approximate surface area is 213 Å². The fourth-order valence-corrected chi connectivity index (χ4v) is 3.71. The van der Waals surface area contributed by atoms with Crippen molar-refractivity contribution >= 4 is 28.4 Å². The number of fused-ring (bicyclic) bond motifs is 1. The van der Waals surface area contributed by atoms with Gasteiger partial charge in [0, 0.05) is 41.4 Å². The summed E-state index contributed by atoms with van der Waals surface area (Å²) < 4.78 is 1.48. The average Bonchev–Trinajstić information content (AvgIpc) is 2.93. The number of carbonyl (C=O) groups excluding carboxylic acids is 1. The van der Waals surface area contributed by atoms with Crippen LogP contribution < -0.4 is 16.2 Å². The molecule has 0 radical (unpaired) electrons. The number of amides is 1. The molecule has 0 bridgehead atoms. The molecule has 3 aromatic heterocycles. The van der Waals surface area contributed by atoms with Gasteiger partial charge in [-0.05, 0) is 54.1 Å². The average molecular weight is 487 g/mol. The Kier molecular flexibility index (Phi) is 6.95. The van der Waals surface area contributed by atoms with Crippen molar-refractivity contribution in [2.45, 2.75) is 6.54 Å². The van der Waals surface area contributed by atoms with Crippen molar-refractivity contribution in [2.75, 3.05) is 11.9 Å². The van der Waals surface area contributed by atoms with Crippen LogP contribution in [0.1, 0.15) is 21.5 Å². The maximum atomic E-state index is 12.7. The van der Waals surface area contributed by atoms with Gasteiger partial charge in [0.1, 0.15) is 5.56 Å². The van der Waals surface area contributed by atoms with Crippen LogP contribution in [0.15, 0.2) is 102 Å². The third-order valence-corrected chi connectivity index (χ3v) is 5.52. The Bertz CT molecular complexity index is 1670. The van der Waals surface area contributed by atoms with Gasteiger partial charge in [-0.25, -0.2) is 9.97 Å². The first-order chi connectivity index (χ1) is 18.2. The van der Waals surface area contributed by atoms with Crippen molar-refractivity contribution in [3.8, 4) is 11.8 Å². The minimum Gasteiger partial charge on any atom is -0.341 e. The molecule has 0 aliphatic carbocycles. The van der Waals surface area contributed by atoms with Crippen LogP contribution in [-0.4, -0.2) is 32.0 Å². The minimum atomic E-state index is -0.467. The lowest BCUT2D eigenvalue weighted by molar-refractivity contribution is 0.0956. The van der Waals surface area contributed by atoms with Crippen molar-refractivity contribution in [1.29, 1.82) is 0 Å². The molecule has 37 heavy (non-hydrogen) atoms. The molecule has 8 nitrogen and oxygen atoms in total. The molecule has 5 rings (SSSR count). The summed E-state index contributed by atoms with van der Waals surface area (Å²) in [6, 6.07) is 22.2. The molecule has 2 N–H and O–H groups in total. The first-order valence-corrected chi connectivity index (χ1v) is 11.6. The lowest BCUT2D eigenvalue weighted by Gasteiger charge is -2.07. The largest absolute Gasteiger partial charge is 0.341 e. The molecule has 2 aromatic carbocycles.